The summed E-state index contributed by atoms with van der Waals surface area (Å²) < 4.78 is 16.8. The van der Waals surface area contributed by atoms with E-state index in [2.05, 4.69) is 34.6 Å². The normalized spacial score (nSPS) is 12.1. The van der Waals surface area contributed by atoms with E-state index >= 15 is 0 Å². The Morgan fingerprint density at radius 2 is 0.600 bits per heavy atom. The SMILES string of the molecule is CCCCCCCCCCCCCCCC(=O)O[C@@H](COC(=O)CCCCCCCCCCCCC(C)C)COC(=O)CCCCCCCCCCC(C)C. The first-order valence-electron chi connectivity index (χ1n) is 24.2. The average molecular weight is 779 g/mol. The van der Waals surface area contributed by atoms with E-state index in [0.29, 0.717) is 19.3 Å². The molecule has 0 heterocycles. The van der Waals surface area contributed by atoms with Gasteiger partial charge < -0.3 is 14.2 Å². The molecule has 6 heteroatoms. The molecule has 0 aromatic carbocycles. The number of rotatable bonds is 43. The van der Waals surface area contributed by atoms with E-state index in [9.17, 15) is 14.4 Å². The predicted molar refractivity (Wildman–Crippen MR) is 233 cm³/mol. The van der Waals surface area contributed by atoms with Gasteiger partial charge in [0.05, 0.1) is 0 Å². The summed E-state index contributed by atoms with van der Waals surface area (Å²) in [4.78, 5) is 37.8. The lowest BCUT2D eigenvalue weighted by molar-refractivity contribution is -0.167. The van der Waals surface area contributed by atoms with E-state index in [1.807, 2.05) is 0 Å². The summed E-state index contributed by atoms with van der Waals surface area (Å²) in [5.74, 6) is 0.760. The number of carbonyl (C=O) groups is 3. The third kappa shape index (κ3) is 43.4. The fourth-order valence-corrected chi connectivity index (χ4v) is 7.28. The third-order valence-electron chi connectivity index (χ3n) is 11.0. The van der Waals surface area contributed by atoms with Crippen molar-refractivity contribution in [3.05, 3.63) is 0 Å². The highest BCUT2D eigenvalue weighted by Gasteiger charge is 2.19. The number of ether oxygens (including phenoxy) is 3. The Morgan fingerprint density at radius 1 is 0.345 bits per heavy atom. The molecule has 0 bridgehead atoms. The van der Waals surface area contributed by atoms with Crippen LogP contribution in [-0.2, 0) is 28.6 Å². The highest BCUT2D eigenvalue weighted by molar-refractivity contribution is 5.71. The molecule has 55 heavy (non-hydrogen) atoms. The van der Waals surface area contributed by atoms with Crippen molar-refractivity contribution in [3.63, 3.8) is 0 Å². The van der Waals surface area contributed by atoms with Crippen LogP contribution in [0.2, 0.25) is 0 Å². The Balaban J connectivity index is 4.33. The lowest BCUT2D eigenvalue weighted by atomic mass is 10.0. The molecule has 0 aliphatic rings. The van der Waals surface area contributed by atoms with Crippen LogP contribution >= 0.6 is 0 Å². The molecular formula is C49H94O6. The number of carbonyl (C=O) groups excluding carboxylic acids is 3. The van der Waals surface area contributed by atoms with Gasteiger partial charge in [-0.3, -0.25) is 14.4 Å². The van der Waals surface area contributed by atoms with E-state index in [4.69, 9.17) is 14.2 Å². The van der Waals surface area contributed by atoms with Gasteiger partial charge in [0.15, 0.2) is 6.10 Å². The second-order valence-electron chi connectivity index (χ2n) is 17.7. The van der Waals surface area contributed by atoms with Gasteiger partial charge in [-0.1, -0.05) is 227 Å². The Morgan fingerprint density at radius 3 is 0.891 bits per heavy atom. The number of hydrogen-bond donors (Lipinski definition) is 0. The first kappa shape index (κ1) is 53.4. The second kappa shape index (κ2) is 42.0. The fraction of sp³-hybridized carbons (Fsp3) is 0.939. The Hall–Kier alpha value is -1.59. The molecule has 0 radical (unpaired) electrons. The van der Waals surface area contributed by atoms with Crippen molar-refractivity contribution < 1.29 is 28.6 Å². The monoisotopic (exact) mass is 779 g/mol. The van der Waals surface area contributed by atoms with Crippen LogP contribution in [0.25, 0.3) is 0 Å². The van der Waals surface area contributed by atoms with Crippen molar-refractivity contribution in [3.8, 4) is 0 Å². The fourth-order valence-electron chi connectivity index (χ4n) is 7.28. The standard InChI is InChI=1S/C49H94O6/c1-6-7-8-9-10-11-12-13-14-19-26-31-36-41-49(52)55-46(43-54-48(51)40-35-30-25-21-20-23-28-33-38-45(4)5)42-53-47(50)39-34-29-24-18-16-15-17-22-27-32-37-44(2)3/h44-46H,6-43H2,1-5H3/t46-/m0/s1. The Labute approximate surface area is 342 Å². The molecule has 0 rings (SSSR count). The lowest BCUT2D eigenvalue weighted by Crippen LogP contribution is -2.30. The number of unbranched alkanes of at least 4 members (excludes halogenated alkanes) is 28. The molecular weight excluding hydrogens is 685 g/mol. The van der Waals surface area contributed by atoms with Crippen molar-refractivity contribution in [1.82, 2.24) is 0 Å². The van der Waals surface area contributed by atoms with E-state index in [1.54, 1.807) is 0 Å². The van der Waals surface area contributed by atoms with Crippen molar-refractivity contribution in [2.45, 2.75) is 272 Å². The maximum atomic E-state index is 12.7. The molecule has 6 nitrogen and oxygen atoms in total. The average Bonchev–Trinajstić information content (AvgIpc) is 3.15. The minimum absolute atomic E-state index is 0.0647. The molecule has 0 unspecified atom stereocenters. The topological polar surface area (TPSA) is 78.9 Å². The molecule has 0 aliphatic heterocycles. The summed E-state index contributed by atoms with van der Waals surface area (Å²) in [6.45, 7) is 11.3. The molecule has 0 N–H and O–H groups in total. The van der Waals surface area contributed by atoms with Gasteiger partial charge in [0, 0.05) is 19.3 Å². The summed E-state index contributed by atoms with van der Waals surface area (Å²) in [7, 11) is 0. The van der Waals surface area contributed by atoms with Gasteiger partial charge in [0.1, 0.15) is 13.2 Å². The zero-order valence-electron chi connectivity index (χ0n) is 37.6. The van der Waals surface area contributed by atoms with Crippen molar-refractivity contribution in [1.29, 1.82) is 0 Å². The third-order valence-corrected chi connectivity index (χ3v) is 11.0. The summed E-state index contributed by atoms with van der Waals surface area (Å²) in [5.41, 5.74) is 0. The smallest absolute Gasteiger partial charge is 0.306 e. The lowest BCUT2D eigenvalue weighted by Gasteiger charge is -2.18. The quantitative estimate of drug-likeness (QED) is 0.0348. The zero-order valence-corrected chi connectivity index (χ0v) is 37.6. The number of hydrogen-bond acceptors (Lipinski definition) is 6. The van der Waals surface area contributed by atoms with Crippen LogP contribution in [-0.4, -0.2) is 37.2 Å². The molecule has 0 aromatic rings. The van der Waals surface area contributed by atoms with Gasteiger partial charge in [0.2, 0.25) is 0 Å². The van der Waals surface area contributed by atoms with E-state index in [-0.39, 0.29) is 31.1 Å². The van der Waals surface area contributed by atoms with Crippen LogP contribution in [0.3, 0.4) is 0 Å². The van der Waals surface area contributed by atoms with Gasteiger partial charge in [-0.2, -0.15) is 0 Å². The van der Waals surface area contributed by atoms with Crippen LogP contribution < -0.4 is 0 Å². The van der Waals surface area contributed by atoms with E-state index < -0.39 is 6.10 Å². The maximum Gasteiger partial charge on any atom is 0.306 e. The van der Waals surface area contributed by atoms with Crippen LogP contribution in [0.1, 0.15) is 266 Å². The molecule has 326 valence electrons. The van der Waals surface area contributed by atoms with Crippen molar-refractivity contribution in [2.24, 2.45) is 11.8 Å². The van der Waals surface area contributed by atoms with E-state index in [1.165, 1.54) is 154 Å². The van der Waals surface area contributed by atoms with Gasteiger partial charge >= 0.3 is 17.9 Å². The Bertz CT molecular complexity index is 839. The van der Waals surface area contributed by atoms with Crippen molar-refractivity contribution >= 4 is 17.9 Å². The van der Waals surface area contributed by atoms with Crippen LogP contribution in [0.4, 0.5) is 0 Å². The molecule has 0 spiro atoms. The summed E-state index contributed by atoms with van der Waals surface area (Å²) in [6.07, 6.45) is 40.9. The van der Waals surface area contributed by atoms with Gasteiger partial charge in [-0.05, 0) is 31.1 Å². The second-order valence-corrected chi connectivity index (χ2v) is 17.7. The predicted octanol–water partition coefficient (Wildman–Crippen LogP) is 15.4. The molecule has 0 aromatic heterocycles. The molecule has 0 amide bonds. The maximum absolute atomic E-state index is 12.7. The highest BCUT2D eigenvalue weighted by atomic mass is 16.6. The molecule has 0 saturated heterocycles. The van der Waals surface area contributed by atoms with Crippen LogP contribution in [0.5, 0.6) is 0 Å². The van der Waals surface area contributed by atoms with E-state index in [0.717, 1.165) is 69.6 Å². The van der Waals surface area contributed by atoms with Gasteiger partial charge in [-0.15, -0.1) is 0 Å². The first-order chi connectivity index (χ1) is 26.7. The minimum atomic E-state index is -0.761. The summed E-state index contributed by atoms with van der Waals surface area (Å²) >= 11 is 0. The molecule has 1 atom stereocenters. The highest BCUT2D eigenvalue weighted by Crippen LogP contribution is 2.17. The molecule has 0 saturated carbocycles. The van der Waals surface area contributed by atoms with Gasteiger partial charge in [-0.25, -0.2) is 0 Å². The summed E-state index contributed by atoms with van der Waals surface area (Å²) in [6, 6.07) is 0. The molecule has 0 fully saturated rings. The number of esters is 3. The first-order valence-corrected chi connectivity index (χ1v) is 24.2. The van der Waals surface area contributed by atoms with Crippen LogP contribution in [0.15, 0.2) is 0 Å². The summed E-state index contributed by atoms with van der Waals surface area (Å²) in [5, 5.41) is 0. The zero-order chi connectivity index (χ0) is 40.5. The van der Waals surface area contributed by atoms with Crippen LogP contribution in [0, 0.1) is 11.8 Å². The minimum Gasteiger partial charge on any atom is -0.462 e. The van der Waals surface area contributed by atoms with Crippen molar-refractivity contribution in [2.75, 3.05) is 13.2 Å². The Kier molecular flexibility index (Phi) is 40.8. The molecule has 0 aliphatic carbocycles. The van der Waals surface area contributed by atoms with Gasteiger partial charge in [0.25, 0.3) is 0 Å². The largest absolute Gasteiger partial charge is 0.462 e.